The molecule has 1 spiro atoms. The summed E-state index contributed by atoms with van der Waals surface area (Å²) in [6.07, 6.45) is 6.51. The second-order valence-corrected chi connectivity index (χ2v) is 9.95. The van der Waals surface area contributed by atoms with Gasteiger partial charge in [0.2, 0.25) is 11.8 Å². The number of nitrogens with zero attached hydrogens (tertiary/aromatic N) is 4. The second kappa shape index (κ2) is 7.98. The minimum absolute atomic E-state index is 0.0327. The standard InChI is InChI=1S/C24H26N6O5/c1-35-20-16(10-24(20)7-2-8-24)25-21(32)17-12-30(28-27-17)14-4-3-13-11-29(23(34)15(13)9-14)18-5-6-19(31)26-22(18)33/h3-4,9,12,16,18,20H,2,5-8,10-11H2,1H3,(H,25,32)(H,26,31,33). The zero-order chi connectivity index (χ0) is 24.3. The number of rotatable bonds is 5. The van der Waals surface area contributed by atoms with Crippen LogP contribution < -0.4 is 10.6 Å². The summed E-state index contributed by atoms with van der Waals surface area (Å²) in [7, 11) is 1.69. The Hall–Kier alpha value is -3.60. The monoisotopic (exact) mass is 478 g/mol. The lowest BCUT2D eigenvalue weighted by Gasteiger charge is -2.59. The van der Waals surface area contributed by atoms with Gasteiger partial charge < -0.3 is 15.0 Å². The highest BCUT2D eigenvalue weighted by Gasteiger charge is 2.57. The Kier molecular flexibility index (Phi) is 4.99. The molecule has 11 heteroatoms. The number of carbonyl (C=O) groups is 4. The number of carbonyl (C=O) groups excluding carboxylic acids is 4. The van der Waals surface area contributed by atoms with Crippen LogP contribution in [0.15, 0.2) is 24.4 Å². The lowest BCUT2D eigenvalue weighted by atomic mass is 9.52. The Morgan fingerprint density at radius 1 is 1.26 bits per heavy atom. The number of hydrogen-bond acceptors (Lipinski definition) is 7. The zero-order valence-electron chi connectivity index (χ0n) is 19.3. The first-order valence-corrected chi connectivity index (χ1v) is 11.9. The summed E-state index contributed by atoms with van der Waals surface area (Å²) < 4.78 is 7.11. The average Bonchev–Trinajstić information content (AvgIpc) is 3.41. The van der Waals surface area contributed by atoms with Gasteiger partial charge in [-0.2, -0.15) is 0 Å². The fourth-order valence-electron chi connectivity index (χ4n) is 6.01. The quantitative estimate of drug-likeness (QED) is 0.605. The van der Waals surface area contributed by atoms with Gasteiger partial charge in [-0.1, -0.05) is 17.7 Å². The number of amides is 4. The molecule has 2 aliphatic heterocycles. The molecule has 0 bridgehead atoms. The SMILES string of the molecule is COC1C(NC(=O)c2cn(-c3ccc4c(c3)C(=O)N(C3CCC(=O)NC3=O)C4)nn2)CC12CCC2. The number of fused-ring (bicyclic) bond motifs is 1. The molecule has 1 saturated heterocycles. The molecule has 3 heterocycles. The molecule has 3 unspecified atom stereocenters. The predicted octanol–water partition coefficient (Wildman–Crippen LogP) is 0.716. The third kappa shape index (κ3) is 3.44. The minimum Gasteiger partial charge on any atom is -0.379 e. The highest BCUT2D eigenvalue weighted by molar-refractivity contribution is 6.05. The van der Waals surface area contributed by atoms with Crippen molar-refractivity contribution < 1.29 is 23.9 Å². The third-order valence-corrected chi connectivity index (χ3v) is 8.02. The van der Waals surface area contributed by atoms with Gasteiger partial charge in [0.25, 0.3) is 11.8 Å². The topological polar surface area (TPSA) is 136 Å². The molecule has 2 aliphatic carbocycles. The van der Waals surface area contributed by atoms with Gasteiger partial charge in [-0.3, -0.25) is 24.5 Å². The molecule has 35 heavy (non-hydrogen) atoms. The van der Waals surface area contributed by atoms with Crippen LogP contribution in [-0.2, 0) is 20.9 Å². The van der Waals surface area contributed by atoms with Crippen molar-refractivity contribution in [2.75, 3.05) is 7.11 Å². The molecular weight excluding hydrogens is 452 g/mol. The van der Waals surface area contributed by atoms with Gasteiger partial charge in [0.15, 0.2) is 5.69 Å². The van der Waals surface area contributed by atoms with Crippen LogP contribution in [0, 0.1) is 5.41 Å². The summed E-state index contributed by atoms with van der Waals surface area (Å²) in [5.74, 6) is -1.34. The lowest BCUT2D eigenvalue weighted by Crippen LogP contribution is -2.66. The van der Waals surface area contributed by atoms with Crippen molar-refractivity contribution in [3.63, 3.8) is 0 Å². The molecule has 4 aliphatic rings. The van der Waals surface area contributed by atoms with Crippen LogP contribution in [0.3, 0.4) is 0 Å². The molecule has 182 valence electrons. The second-order valence-electron chi connectivity index (χ2n) is 9.95. The Labute approximate surface area is 201 Å². The van der Waals surface area contributed by atoms with Crippen molar-refractivity contribution in [3.05, 3.63) is 41.2 Å². The number of ether oxygens (including phenoxy) is 1. The van der Waals surface area contributed by atoms with Crippen LogP contribution in [0.5, 0.6) is 0 Å². The van der Waals surface area contributed by atoms with Crippen molar-refractivity contribution in [2.24, 2.45) is 5.41 Å². The van der Waals surface area contributed by atoms with Crippen LogP contribution in [-0.4, -0.2) is 68.8 Å². The Morgan fingerprint density at radius 2 is 2.09 bits per heavy atom. The third-order valence-electron chi connectivity index (χ3n) is 8.02. The normalized spacial score (nSPS) is 26.7. The van der Waals surface area contributed by atoms with Crippen molar-refractivity contribution in [1.29, 1.82) is 0 Å². The first kappa shape index (κ1) is 21.9. The van der Waals surface area contributed by atoms with E-state index >= 15 is 0 Å². The van der Waals surface area contributed by atoms with Crippen LogP contribution in [0.25, 0.3) is 5.69 Å². The maximum Gasteiger partial charge on any atom is 0.273 e. The van der Waals surface area contributed by atoms with E-state index in [0.29, 0.717) is 24.2 Å². The van der Waals surface area contributed by atoms with Crippen molar-refractivity contribution >= 4 is 23.6 Å². The molecule has 3 fully saturated rings. The van der Waals surface area contributed by atoms with Crippen LogP contribution in [0.2, 0.25) is 0 Å². The van der Waals surface area contributed by atoms with Crippen LogP contribution in [0.4, 0.5) is 0 Å². The number of nitrogens with one attached hydrogen (secondary N) is 2. The predicted molar refractivity (Wildman–Crippen MR) is 120 cm³/mol. The lowest BCUT2D eigenvalue weighted by molar-refractivity contribution is -0.156. The fourth-order valence-corrected chi connectivity index (χ4v) is 6.01. The number of aromatic nitrogens is 3. The van der Waals surface area contributed by atoms with Crippen molar-refractivity contribution in [2.45, 2.75) is 63.3 Å². The summed E-state index contributed by atoms with van der Waals surface area (Å²) in [6, 6.07) is 4.59. The zero-order valence-corrected chi connectivity index (χ0v) is 19.3. The van der Waals surface area contributed by atoms with E-state index in [9.17, 15) is 19.2 Å². The Morgan fingerprint density at radius 3 is 2.80 bits per heavy atom. The molecule has 2 saturated carbocycles. The molecule has 2 N–H and O–H groups in total. The first-order chi connectivity index (χ1) is 16.9. The van der Waals surface area contributed by atoms with Crippen LogP contribution >= 0.6 is 0 Å². The van der Waals surface area contributed by atoms with E-state index in [0.717, 1.165) is 24.8 Å². The average molecular weight is 479 g/mol. The smallest absolute Gasteiger partial charge is 0.273 e. The van der Waals surface area contributed by atoms with E-state index in [1.165, 1.54) is 22.2 Å². The number of benzene rings is 1. The minimum atomic E-state index is -0.667. The van der Waals surface area contributed by atoms with Gasteiger partial charge in [0.05, 0.1) is 24.0 Å². The summed E-state index contributed by atoms with van der Waals surface area (Å²) in [4.78, 5) is 51.0. The summed E-state index contributed by atoms with van der Waals surface area (Å²) in [5.41, 5.74) is 2.26. The van der Waals surface area contributed by atoms with Crippen LogP contribution in [0.1, 0.15) is 64.9 Å². The summed E-state index contributed by atoms with van der Waals surface area (Å²) in [5, 5.41) is 13.4. The molecule has 6 rings (SSSR count). The number of methoxy groups -OCH3 is 1. The Bertz CT molecular complexity index is 1250. The van der Waals surface area contributed by atoms with Gasteiger partial charge in [-0.15, -0.1) is 5.10 Å². The molecule has 1 aromatic heterocycles. The van der Waals surface area contributed by atoms with Gasteiger partial charge in [0, 0.05) is 31.1 Å². The van der Waals surface area contributed by atoms with E-state index < -0.39 is 11.9 Å². The van der Waals surface area contributed by atoms with Crippen molar-refractivity contribution in [3.8, 4) is 5.69 Å². The molecule has 4 amide bonds. The fraction of sp³-hybridized carbons (Fsp3) is 0.500. The number of imide groups is 1. The molecular formula is C24H26N6O5. The number of piperidine rings is 1. The number of hydrogen-bond donors (Lipinski definition) is 2. The summed E-state index contributed by atoms with van der Waals surface area (Å²) >= 11 is 0. The summed E-state index contributed by atoms with van der Waals surface area (Å²) in [6.45, 7) is 0.301. The molecule has 3 atom stereocenters. The van der Waals surface area contributed by atoms with Gasteiger partial charge in [0.1, 0.15) is 6.04 Å². The molecule has 0 radical (unpaired) electrons. The van der Waals surface area contributed by atoms with E-state index in [1.807, 2.05) is 6.07 Å². The van der Waals surface area contributed by atoms with E-state index in [4.69, 9.17) is 4.74 Å². The maximum absolute atomic E-state index is 13.1. The highest BCUT2D eigenvalue weighted by atomic mass is 16.5. The largest absolute Gasteiger partial charge is 0.379 e. The van der Waals surface area contributed by atoms with E-state index in [1.54, 1.807) is 19.2 Å². The van der Waals surface area contributed by atoms with Crippen molar-refractivity contribution in [1.82, 2.24) is 30.5 Å². The van der Waals surface area contributed by atoms with Gasteiger partial charge >= 0.3 is 0 Å². The Balaban J connectivity index is 1.15. The molecule has 1 aromatic carbocycles. The van der Waals surface area contributed by atoms with Gasteiger partial charge in [-0.25, -0.2) is 4.68 Å². The maximum atomic E-state index is 13.1. The highest BCUT2D eigenvalue weighted by Crippen LogP contribution is 2.57. The van der Waals surface area contributed by atoms with E-state index in [-0.39, 0.29) is 47.4 Å². The molecule has 2 aromatic rings. The van der Waals surface area contributed by atoms with Gasteiger partial charge in [-0.05, 0) is 43.4 Å². The molecule has 11 nitrogen and oxygen atoms in total. The van der Waals surface area contributed by atoms with E-state index in [2.05, 4.69) is 20.9 Å². The first-order valence-electron chi connectivity index (χ1n) is 11.9.